The number of sulfonamides is 1. The van der Waals surface area contributed by atoms with E-state index in [2.05, 4.69) is 29.3 Å². The van der Waals surface area contributed by atoms with Gasteiger partial charge in [0, 0.05) is 25.0 Å². The molecule has 0 aromatic heterocycles. The number of likely N-dealkylation sites (tertiary alicyclic amines) is 1. The zero-order chi connectivity index (χ0) is 23.0. The van der Waals surface area contributed by atoms with Crippen LogP contribution in [0.3, 0.4) is 0 Å². The van der Waals surface area contributed by atoms with Crippen LogP contribution >= 0.6 is 0 Å². The van der Waals surface area contributed by atoms with Crippen LogP contribution in [0.5, 0.6) is 0 Å². The average molecular weight is 464 g/mol. The number of hydrogen-bond donors (Lipinski definition) is 1. The van der Waals surface area contributed by atoms with E-state index in [0.29, 0.717) is 17.6 Å². The molecule has 6 nitrogen and oxygen atoms in total. The highest BCUT2D eigenvalue weighted by Crippen LogP contribution is 2.41. The van der Waals surface area contributed by atoms with E-state index in [1.807, 2.05) is 30.3 Å². The summed E-state index contributed by atoms with van der Waals surface area (Å²) in [6.07, 6.45) is 2.58. The Hall–Kier alpha value is -2.90. The van der Waals surface area contributed by atoms with Gasteiger partial charge < -0.3 is 5.32 Å². The van der Waals surface area contributed by atoms with Gasteiger partial charge in [0.2, 0.25) is 5.91 Å². The molecule has 1 fully saturated rings. The molecule has 1 amide bonds. The fourth-order valence-corrected chi connectivity index (χ4v) is 6.63. The van der Waals surface area contributed by atoms with E-state index in [-0.39, 0.29) is 17.3 Å². The Kier molecular flexibility index (Phi) is 5.85. The van der Waals surface area contributed by atoms with E-state index >= 15 is 0 Å². The summed E-state index contributed by atoms with van der Waals surface area (Å²) in [4.78, 5) is 15.4. The molecule has 0 spiro atoms. The number of hydrogen-bond acceptors (Lipinski definition) is 4. The molecule has 0 saturated carbocycles. The highest BCUT2D eigenvalue weighted by Gasteiger charge is 2.36. The van der Waals surface area contributed by atoms with Gasteiger partial charge >= 0.3 is 0 Å². The topological polar surface area (TPSA) is 69.7 Å². The van der Waals surface area contributed by atoms with Crippen LogP contribution < -0.4 is 9.62 Å². The molecular weight excluding hydrogens is 434 g/mol. The molecule has 0 aliphatic carbocycles. The van der Waals surface area contributed by atoms with E-state index in [1.54, 1.807) is 18.2 Å². The number of nitrogens with one attached hydrogen (secondary N) is 1. The van der Waals surface area contributed by atoms with Gasteiger partial charge in [-0.3, -0.25) is 14.0 Å². The Morgan fingerprint density at radius 2 is 1.76 bits per heavy atom. The van der Waals surface area contributed by atoms with E-state index in [1.165, 1.54) is 22.7 Å². The van der Waals surface area contributed by atoms with Gasteiger partial charge in [-0.05, 0) is 54.0 Å². The van der Waals surface area contributed by atoms with Crippen LogP contribution in [-0.2, 0) is 27.9 Å². The van der Waals surface area contributed by atoms with Gasteiger partial charge in [-0.15, -0.1) is 0 Å². The maximum Gasteiger partial charge on any atom is 0.265 e. The highest BCUT2D eigenvalue weighted by atomic mass is 32.2. The van der Waals surface area contributed by atoms with Crippen molar-refractivity contribution in [2.45, 2.75) is 37.8 Å². The Morgan fingerprint density at radius 3 is 2.52 bits per heavy atom. The largest absolute Gasteiger partial charge is 0.350 e. The number of anilines is 1. The predicted molar refractivity (Wildman–Crippen MR) is 130 cm³/mol. The van der Waals surface area contributed by atoms with Crippen molar-refractivity contribution in [3.63, 3.8) is 0 Å². The van der Waals surface area contributed by atoms with Crippen molar-refractivity contribution in [1.82, 2.24) is 10.2 Å². The van der Waals surface area contributed by atoms with Crippen LogP contribution in [0.4, 0.5) is 5.69 Å². The number of amides is 1. The molecule has 5 rings (SSSR count). The summed E-state index contributed by atoms with van der Waals surface area (Å²) in [5.74, 6) is 0.433. The molecule has 1 atom stereocenters. The monoisotopic (exact) mass is 463 g/mol. The van der Waals surface area contributed by atoms with Gasteiger partial charge in [0.05, 0.1) is 10.6 Å². The number of benzene rings is 3. The minimum Gasteiger partial charge on any atom is -0.350 e. The van der Waals surface area contributed by atoms with Crippen molar-refractivity contribution < 1.29 is 13.2 Å². The number of nitrogens with zero attached hydrogens (tertiary/aromatic N) is 2. The van der Waals surface area contributed by atoms with Crippen molar-refractivity contribution >= 4 is 32.4 Å². The number of piperidine rings is 1. The van der Waals surface area contributed by atoms with Crippen LogP contribution in [0.1, 0.15) is 30.9 Å². The average Bonchev–Trinajstić information content (AvgIpc) is 3.02. The van der Waals surface area contributed by atoms with E-state index in [9.17, 15) is 13.2 Å². The lowest BCUT2D eigenvalue weighted by Crippen LogP contribution is -2.38. The minimum atomic E-state index is -3.73. The van der Waals surface area contributed by atoms with Crippen molar-refractivity contribution in [3.8, 4) is 0 Å². The second-order valence-corrected chi connectivity index (χ2v) is 11.0. The lowest BCUT2D eigenvalue weighted by molar-refractivity contribution is -0.119. The molecule has 3 aromatic carbocycles. The van der Waals surface area contributed by atoms with Gasteiger partial charge in [-0.25, -0.2) is 8.42 Å². The first-order valence-corrected chi connectivity index (χ1v) is 13.0. The predicted octanol–water partition coefficient (Wildman–Crippen LogP) is 3.90. The maximum atomic E-state index is 13.0. The summed E-state index contributed by atoms with van der Waals surface area (Å²) in [7, 11) is -3.73. The molecule has 3 aromatic rings. The molecule has 0 radical (unpaired) electrons. The number of carbonyl (C=O) groups is 1. The van der Waals surface area contributed by atoms with Crippen LogP contribution in [0.15, 0.2) is 65.6 Å². The second kappa shape index (κ2) is 8.80. The molecule has 1 unspecified atom stereocenters. The standard InChI is InChI=1S/C26H29N3O3S/c1-19-5-4-14-28(16-19)17-21-12-10-20(11-13-21)15-27-25(30)18-29-23-8-2-6-22-7-3-9-24(26(22)23)33(29,31)32/h2-3,6-13,19H,4-5,14-18H2,1H3,(H,27,30). The van der Waals surface area contributed by atoms with E-state index in [4.69, 9.17) is 0 Å². The molecular formula is C26H29N3O3S. The summed E-state index contributed by atoms with van der Waals surface area (Å²) in [5, 5.41) is 4.42. The molecule has 1 saturated heterocycles. The summed E-state index contributed by atoms with van der Waals surface area (Å²) in [6, 6.07) is 19.0. The third kappa shape index (κ3) is 4.35. The Labute approximate surface area is 195 Å². The van der Waals surface area contributed by atoms with Crippen molar-refractivity contribution in [1.29, 1.82) is 0 Å². The zero-order valence-corrected chi connectivity index (χ0v) is 19.6. The lowest BCUT2D eigenvalue weighted by Gasteiger charge is -2.30. The highest BCUT2D eigenvalue weighted by molar-refractivity contribution is 7.93. The third-order valence-corrected chi connectivity index (χ3v) is 8.43. The zero-order valence-electron chi connectivity index (χ0n) is 18.8. The van der Waals surface area contributed by atoms with Crippen LogP contribution in [-0.4, -0.2) is 38.9 Å². The smallest absolute Gasteiger partial charge is 0.265 e. The fourth-order valence-electron chi connectivity index (χ4n) is 4.97. The first-order chi connectivity index (χ1) is 15.9. The first kappa shape index (κ1) is 21.9. The van der Waals surface area contributed by atoms with Gasteiger partial charge in [0.1, 0.15) is 6.54 Å². The van der Waals surface area contributed by atoms with Crippen LogP contribution in [0.25, 0.3) is 10.8 Å². The second-order valence-electron chi connectivity index (χ2n) is 9.22. The fraction of sp³-hybridized carbons (Fsp3) is 0.346. The van der Waals surface area contributed by atoms with Gasteiger partial charge in [0.15, 0.2) is 0 Å². The molecule has 0 bridgehead atoms. The van der Waals surface area contributed by atoms with Gasteiger partial charge in [-0.1, -0.05) is 55.5 Å². The molecule has 172 valence electrons. The number of rotatable bonds is 6. The van der Waals surface area contributed by atoms with E-state index < -0.39 is 10.0 Å². The maximum absolute atomic E-state index is 13.0. The SMILES string of the molecule is CC1CCCN(Cc2ccc(CNC(=O)CN3c4cccc5cccc(c45)S3(=O)=O)cc2)C1. The molecule has 2 heterocycles. The minimum absolute atomic E-state index is 0.235. The van der Waals surface area contributed by atoms with Crippen molar-refractivity contribution in [3.05, 3.63) is 71.8 Å². The van der Waals surface area contributed by atoms with E-state index in [0.717, 1.165) is 36.5 Å². The number of carbonyl (C=O) groups excluding carboxylic acids is 1. The summed E-state index contributed by atoms with van der Waals surface area (Å²) < 4.78 is 27.3. The van der Waals surface area contributed by atoms with Gasteiger partial charge in [0.25, 0.3) is 10.0 Å². The van der Waals surface area contributed by atoms with Crippen LogP contribution in [0, 0.1) is 5.92 Å². The molecule has 1 N–H and O–H groups in total. The summed E-state index contributed by atoms with van der Waals surface area (Å²) in [6.45, 7) is 5.69. The Bertz CT molecular complexity index is 1280. The first-order valence-electron chi connectivity index (χ1n) is 11.5. The van der Waals surface area contributed by atoms with Crippen molar-refractivity contribution in [2.75, 3.05) is 23.9 Å². The molecule has 33 heavy (non-hydrogen) atoms. The van der Waals surface area contributed by atoms with Crippen LogP contribution in [0.2, 0.25) is 0 Å². The molecule has 2 aliphatic rings. The molecule has 2 aliphatic heterocycles. The Morgan fingerprint density at radius 1 is 1.03 bits per heavy atom. The normalized spacial score (nSPS) is 19.7. The van der Waals surface area contributed by atoms with Crippen molar-refractivity contribution in [2.24, 2.45) is 5.92 Å². The van der Waals surface area contributed by atoms with Gasteiger partial charge in [-0.2, -0.15) is 0 Å². The third-order valence-electron chi connectivity index (χ3n) is 6.63. The summed E-state index contributed by atoms with van der Waals surface area (Å²) in [5.41, 5.74) is 2.83. The summed E-state index contributed by atoms with van der Waals surface area (Å²) >= 11 is 0. The lowest BCUT2D eigenvalue weighted by atomic mass is 9.99. The quantitative estimate of drug-likeness (QED) is 0.602. The molecule has 7 heteroatoms. The Balaban J connectivity index is 1.20.